The molecule has 0 radical (unpaired) electrons. The van der Waals surface area contributed by atoms with Crippen LogP contribution in [0.5, 0.6) is 0 Å². The molecule has 0 aliphatic rings. The van der Waals surface area contributed by atoms with Crippen molar-refractivity contribution < 1.29 is 4.39 Å². The SMILES string of the molecule is CNC(C)c1ccc(F)c(-c2cc(Cl)ccc2C)c1. The molecule has 2 aromatic rings. The van der Waals surface area contributed by atoms with Gasteiger partial charge in [0.15, 0.2) is 0 Å². The summed E-state index contributed by atoms with van der Waals surface area (Å²) in [7, 11) is 1.89. The first-order valence-electron chi connectivity index (χ1n) is 6.26. The summed E-state index contributed by atoms with van der Waals surface area (Å²) in [6, 6.07) is 10.9. The highest BCUT2D eigenvalue weighted by Gasteiger charge is 2.11. The Morgan fingerprint density at radius 3 is 2.53 bits per heavy atom. The van der Waals surface area contributed by atoms with Crippen molar-refractivity contribution >= 4 is 11.6 Å². The Kier molecular flexibility index (Phi) is 4.23. The normalized spacial score (nSPS) is 12.5. The van der Waals surface area contributed by atoms with Crippen LogP contribution in [0.25, 0.3) is 11.1 Å². The monoisotopic (exact) mass is 277 g/mol. The third kappa shape index (κ3) is 2.96. The molecular weight excluding hydrogens is 261 g/mol. The Labute approximate surface area is 118 Å². The van der Waals surface area contributed by atoms with E-state index in [0.29, 0.717) is 10.6 Å². The van der Waals surface area contributed by atoms with Crippen molar-refractivity contribution in [1.29, 1.82) is 0 Å². The van der Waals surface area contributed by atoms with E-state index in [9.17, 15) is 4.39 Å². The van der Waals surface area contributed by atoms with Crippen molar-refractivity contribution in [2.75, 3.05) is 7.05 Å². The molecular formula is C16H17ClFN. The van der Waals surface area contributed by atoms with E-state index in [2.05, 4.69) is 5.32 Å². The van der Waals surface area contributed by atoms with Crippen LogP contribution in [0, 0.1) is 12.7 Å². The van der Waals surface area contributed by atoms with E-state index < -0.39 is 0 Å². The largest absolute Gasteiger partial charge is 0.313 e. The maximum Gasteiger partial charge on any atom is 0.131 e. The second kappa shape index (κ2) is 5.72. The van der Waals surface area contributed by atoms with E-state index >= 15 is 0 Å². The molecule has 0 amide bonds. The third-order valence-corrected chi connectivity index (χ3v) is 3.65. The molecule has 0 bridgehead atoms. The van der Waals surface area contributed by atoms with E-state index in [0.717, 1.165) is 16.7 Å². The lowest BCUT2D eigenvalue weighted by Crippen LogP contribution is -2.12. The predicted octanol–water partition coefficient (Wildman–Crippen LogP) is 4.73. The first-order chi connectivity index (χ1) is 9.02. The third-order valence-electron chi connectivity index (χ3n) is 3.41. The minimum atomic E-state index is -0.225. The van der Waals surface area contributed by atoms with Gasteiger partial charge in [0.25, 0.3) is 0 Å². The number of hydrogen-bond acceptors (Lipinski definition) is 1. The Bertz CT molecular complexity index is 595. The molecule has 0 aliphatic carbocycles. The molecule has 1 unspecified atom stereocenters. The lowest BCUT2D eigenvalue weighted by atomic mass is 9.96. The summed E-state index contributed by atoms with van der Waals surface area (Å²) in [6.45, 7) is 4.00. The first-order valence-corrected chi connectivity index (χ1v) is 6.64. The summed E-state index contributed by atoms with van der Waals surface area (Å²) in [4.78, 5) is 0. The molecule has 0 fully saturated rings. The summed E-state index contributed by atoms with van der Waals surface area (Å²) >= 11 is 6.01. The van der Waals surface area contributed by atoms with Crippen molar-refractivity contribution in [3.05, 3.63) is 58.4 Å². The molecule has 1 nitrogen and oxygen atoms in total. The van der Waals surface area contributed by atoms with Crippen molar-refractivity contribution in [3.63, 3.8) is 0 Å². The standard InChI is InChI=1S/C16H17ClFN/c1-10-4-6-13(17)9-14(10)15-8-12(11(2)19-3)5-7-16(15)18/h4-9,11,19H,1-3H3. The molecule has 1 N–H and O–H groups in total. The van der Waals surface area contributed by atoms with Crippen LogP contribution in [0.2, 0.25) is 5.02 Å². The van der Waals surface area contributed by atoms with Gasteiger partial charge in [-0.05, 0) is 61.9 Å². The maximum atomic E-state index is 14.1. The second-order valence-corrected chi connectivity index (χ2v) is 5.15. The highest BCUT2D eigenvalue weighted by atomic mass is 35.5. The van der Waals surface area contributed by atoms with E-state index in [1.807, 2.05) is 45.2 Å². The molecule has 0 heterocycles. The van der Waals surface area contributed by atoms with Gasteiger partial charge in [-0.25, -0.2) is 4.39 Å². The number of nitrogens with one attached hydrogen (secondary N) is 1. The molecule has 3 heteroatoms. The van der Waals surface area contributed by atoms with Crippen molar-refractivity contribution in [3.8, 4) is 11.1 Å². The Hall–Kier alpha value is -1.38. The van der Waals surface area contributed by atoms with Crippen LogP contribution in [-0.4, -0.2) is 7.05 Å². The van der Waals surface area contributed by atoms with Gasteiger partial charge in [0.05, 0.1) is 0 Å². The van der Waals surface area contributed by atoms with E-state index in [1.165, 1.54) is 6.07 Å². The van der Waals surface area contributed by atoms with Gasteiger partial charge in [-0.2, -0.15) is 0 Å². The van der Waals surface area contributed by atoms with Gasteiger partial charge >= 0.3 is 0 Å². The van der Waals surface area contributed by atoms with E-state index in [4.69, 9.17) is 11.6 Å². The van der Waals surface area contributed by atoms with Crippen molar-refractivity contribution in [2.45, 2.75) is 19.9 Å². The van der Waals surface area contributed by atoms with Gasteiger partial charge in [0, 0.05) is 16.6 Å². The van der Waals surface area contributed by atoms with E-state index in [1.54, 1.807) is 6.07 Å². The second-order valence-electron chi connectivity index (χ2n) is 4.71. The van der Waals surface area contributed by atoms with Gasteiger partial charge in [-0.1, -0.05) is 23.7 Å². The molecule has 0 spiro atoms. The smallest absolute Gasteiger partial charge is 0.131 e. The number of aryl methyl sites for hydroxylation is 1. The average Bonchev–Trinajstić information content (AvgIpc) is 2.41. The molecule has 100 valence electrons. The predicted molar refractivity (Wildman–Crippen MR) is 79.1 cm³/mol. The van der Waals surface area contributed by atoms with Gasteiger partial charge in [-0.15, -0.1) is 0 Å². The fourth-order valence-electron chi connectivity index (χ4n) is 2.07. The van der Waals surface area contributed by atoms with Crippen molar-refractivity contribution in [1.82, 2.24) is 5.32 Å². The molecule has 0 saturated carbocycles. The zero-order chi connectivity index (χ0) is 14.0. The summed E-state index contributed by atoms with van der Waals surface area (Å²) in [5.74, 6) is -0.225. The van der Waals surface area contributed by atoms with Crippen LogP contribution in [0.1, 0.15) is 24.1 Å². The van der Waals surface area contributed by atoms with E-state index in [-0.39, 0.29) is 11.9 Å². The van der Waals surface area contributed by atoms with Crippen LogP contribution < -0.4 is 5.32 Å². The molecule has 19 heavy (non-hydrogen) atoms. The van der Waals surface area contributed by atoms with Crippen LogP contribution in [0.4, 0.5) is 4.39 Å². The minimum Gasteiger partial charge on any atom is -0.313 e. The van der Waals surface area contributed by atoms with Gasteiger partial charge < -0.3 is 5.32 Å². The quantitative estimate of drug-likeness (QED) is 0.855. The lowest BCUT2D eigenvalue weighted by molar-refractivity contribution is 0.622. The van der Waals surface area contributed by atoms with Crippen LogP contribution in [-0.2, 0) is 0 Å². The summed E-state index contributed by atoms with van der Waals surface area (Å²) in [5, 5.41) is 3.77. The summed E-state index contributed by atoms with van der Waals surface area (Å²) in [6.07, 6.45) is 0. The Morgan fingerprint density at radius 2 is 1.84 bits per heavy atom. The molecule has 1 atom stereocenters. The molecule has 0 aliphatic heterocycles. The van der Waals surface area contributed by atoms with Gasteiger partial charge in [0.2, 0.25) is 0 Å². The zero-order valence-corrected chi connectivity index (χ0v) is 12.1. The molecule has 0 saturated heterocycles. The topological polar surface area (TPSA) is 12.0 Å². The van der Waals surface area contributed by atoms with Crippen LogP contribution in [0.15, 0.2) is 36.4 Å². The fraction of sp³-hybridized carbons (Fsp3) is 0.250. The Balaban J connectivity index is 2.57. The van der Waals surface area contributed by atoms with Gasteiger partial charge in [0.1, 0.15) is 5.82 Å². The maximum absolute atomic E-state index is 14.1. The Morgan fingerprint density at radius 1 is 1.11 bits per heavy atom. The minimum absolute atomic E-state index is 0.179. The highest BCUT2D eigenvalue weighted by Crippen LogP contribution is 2.30. The molecule has 0 aromatic heterocycles. The van der Waals surface area contributed by atoms with Crippen LogP contribution >= 0.6 is 11.6 Å². The lowest BCUT2D eigenvalue weighted by Gasteiger charge is -2.14. The number of benzene rings is 2. The summed E-state index contributed by atoms with van der Waals surface area (Å²) < 4.78 is 14.1. The number of halogens is 2. The number of hydrogen-bond donors (Lipinski definition) is 1. The highest BCUT2D eigenvalue weighted by molar-refractivity contribution is 6.30. The first kappa shape index (κ1) is 14.0. The van der Waals surface area contributed by atoms with Gasteiger partial charge in [-0.3, -0.25) is 0 Å². The van der Waals surface area contributed by atoms with Crippen LogP contribution in [0.3, 0.4) is 0 Å². The summed E-state index contributed by atoms with van der Waals surface area (Å²) in [5.41, 5.74) is 3.51. The molecule has 2 aromatic carbocycles. The molecule has 2 rings (SSSR count). The van der Waals surface area contributed by atoms with Crippen molar-refractivity contribution in [2.24, 2.45) is 0 Å². The number of rotatable bonds is 3. The zero-order valence-electron chi connectivity index (χ0n) is 11.3. The average molecular weight is 278 g/mol. The fourth-order valence-corrected chi connectivity index (χ4v) is 2.24.